The molecule has 1 aromatic carbocycles. The van der Waals surface area contributed by atoms with Gasteiger partial charge in [-0.1, -0.05) is 0 Å². The number of hydrogen-bond donors (Lipinski definition) is 2. The number of benzene rings is 1. The molecule has 7 heteroatoms. The first-order valence-corrected chi connectivity index (χ1v) is 8.07. The lowest BCUT2D eigenvalue weighted by molar-refractivity contribution is -0.895. The molecule has 130 valence electrons. The maximum atomic E-state index is 12.1. The Labute approximate surface area is 142 Å². The van der Waals surface area contributed by atoms with Crippen LogP contribution in [-0.4, -0.2) is 74.3 Å². The Morgan fingerprint density at radius 1 is 1.12 bits per heavy atom. The van der Waals surface area contributed by atoms with Gasteiger partial charge >= 0.3 is 0 Å². The smallest absolute Gasteiger partial charge is 0.279 e. The largest absolute Gasteiger partial charge is 0.345 e. The Kier molecular flexibility index (Phi) is 5.92. The Balaban J connectivity index is 1.82. The lowest BCUT2D eigenvalue weighted by Gasteiger charge is -2.31. The van der Waals surface area contributed by atoms with Gasteiger partial charge in [-0.15, -0.1) is 0 Å². The zero-order valence-corrected chi connectivity index (χ0v) is 14.5. The first kappa shape index (κ1) is 17.9. The Morgan fingerprint density at radius 3 is 2.21 bits per heavy atom. The van der Waals surface area contributed by atoms with Crippen molar-refractivity contribution in [3.8, 4) is 0 Å². The van der Waals surface area contributed by atoms with Gasteiger partial charge in [0.1, 0.15) is 0 Å². The number of nitrogens with zero attached hydrogens (tertiary/aromatic N) is 2. The fourth-order valence-corrected chi connectivity index (χ4v) is 2.70. The van der Waals surface area contributed by atoms with Crippen LogP contribution >= 0.6 is 0 Å². The highest BCUT2D eigenvalue weighted by Crippen LogP contribution is 2.10. The van der Waals surface area contributed by atoms with Crippen LogP contribution in [-0.2, 0) is 9.59 Å². The van der Waals surface area contributed by atoms with E-state index in [2.05, 4.69) is 5.32 Å². The Hall–Kier alpha value is -2.41. The molecular weight excluding hydrogens is 308 g/mol. The second-order valence-electron chi connectivity index (χ2n) is 6.26. The second kappa shape index (κ2) is 7.92. The molecule has 0 unspecified atom stereocenters. The molecule has 1 aromatic rings. The Morgan fingerprint density at radius 2 is 1.71 bits per heavy atom. The van der Waals surface area contributed by atoms with Gasteiger partial charge in [0.25, 0.3) is 11.8 Å². The summed E-state index contributed by atoms with van der Waals surface area (Å²) in [5.74, 6) is -0.0421. The number of carbonyl (C=O) groups excluding carboxylic acids is 3. The molecule has 0 saturated carbocycles. The van der Waals surface area contributed by atoms with Crippen molar-refractivity contribution < 1.29 is 19.3 Å². The summed E-state index contributed by atoms with van der Waals surface area (Å²) in [5, 5.41) is 2.85. The fourth-order valence-electron chi connectivity index (χ4n) is 2.70. The van der Waals surface area contributed by atoms with Gasteiger partial charge < -0.3 is 20.0 Å². The summed E-state index contributed by atoms with van der Waals surface area (Å²) >= 11 is 0. The molecular formula is C17H25N4O3+. The molecule has 1 fully saturated rings. The van der Waals surface area contributed by atoms with Crippen LogP contribution in [0.5, 0.6) is 0 Å². The number of amides is 3. The molecule has 1 aliphatic heterocycles. The van der Waals surface area contributed by atoms with Crippen molar-refractivity contribution >= 4 is 23.4 Å². The third kappa shape index (κ3) is 4.79. The van der Waals surface area contributed by atoms with Crippen LogP contribution in [0, 0.1) is 0 Å². The fraction of sp³-hybridized carbons (Fsp3) is 0.471. The van der Waals surface area contributed by atoms with E-state index in [0.29, 0.717) is 30.9 Å². The van der Waals surface area contributed by atoms with E-state index in [1.807, 2.05) is 4.90 Å². The minimum Gasteiger partial charge on any atom is -0.345 e. The molecule has 7 nitrogen and oxygen atoms in total. The number of rotatable bonds is 4. The molecule has 24 heavy (non-hydrogen) atoms. The van der Waals surface area contributed by atoms with E-state index in [1.54, 1.807) is 45.3 Å². The maximum Gasteiger partial charge on any atom is 0.279 e. The van der Waals surface area contributed by atoms with Gasteiger partial charge in [-0.25, -0.2) is 0 Å². The average Bonchev–Trinajstić information content (AvgIpc) is 2.55. The van der Waals surface area contributed by atoms with Gasteiger partial charge in [-0.3, -0.25) is 14.4 Å². The normalized spacial score (nSPS) is 15.0. The van der Waals surface area contributed by atoms with E-state index in [0.717, 1.165) is 13.1 Å². The molecule has 0 aliphatic carbocycles. The minimum absolute atomic E-state index is 0.0621. The van der Waals surface area contributed by atoms with Gasteiger partial charge in [0.2, 0.25) is 5.91 Å². The van der Waals surface area contributed by atoms with Crippen molar-refractivity contribution in [1.82, 2.24) is 9.80 Å². The van der Waals surface area contributed by atoms with E-state index >= 15 is 0 Å². The molecule has 2 N–H and O–H groups in total. The van der Waals surface area contributed by atoms with Gasteiger partial charge in [0, 0.05) is 32.3 Å². The average molecular weight is 333 g/mol. The summed E-state index contributed by atoms with van der Waals surface area (Å²) in [5.41, 5.74) is 1.26. The summed E-state index contributed by atoms with van der Waals surface area (Å²) in [4.78, 5) is 39.7. The zero-order valence-electron chi connectivity index (χ0n) is 14.5. The van der Waals surface area contributed by atoms with Crippen LogP contribution < -0.4 is 10.2 Å². The van der Waals surface area contributed by atoms with Crippen molar-refractivity contribution in [2.75, 3.05) is 52.1 Å². The second-order valence-corrected chi connectivity index (χ2v) is 6.26. The lowest BCUT2D eigenvalue weighted by atomic mass is 10.2. The van der Waals surface area contributed by atoms with Crippen molar-refractivity contribution in [2.45, 2.75) is 6.92 Å². The molecule has 3 amide bonds. The molecule has 1 saturated heterocycles. The molecule has 0 bridgehead atoms. The van der Waals surface area contributed by atoms with Crippen molar-refractivity contribution in [1.29, 1.82) is 0 Å². The summed E-state index contributed by atoms with van der Waals surface area (Å²) < 4.78 is 0. The third-order valence-corrected chi connectivity index (χ3v) is 4.15. The van der Waals surface area contributed by atoms with Crippen LogP contribution in [0.1, 0.15) is 17.3 Å². The maximum absolute atomic E-state index is 12.1. The summed E-state index contributed by atoms with van der Waals surface area (Å²) in [6.07, 6.45) is 0. The molecule has 0 radical (unpaired) electrons. The number of nitrogens with one attached hydrogen (secondary N) is 2. The molecule has 1 aliphatic rings. The monoisotopic (exact) mass is 333 g/mol. The number of hydrogen-bond acceptors (Lipinski definition) is 3. The lowest BCUT2D eigenvalue weighted by Crippen LogP contribution is -3.15. The van der Waals surface area contributed by atoms with Gasteiger partial charge in [-0.2, -0.15) is 0 Å². The predicted molar refractivity (Wildman–Crippen MR) is 90.9 cm³/mol. The topological polar surface area (TPSA) is 74.2 Å². The van der Waals surface area contributed by atoms with Crippen LogP contribution in [0.4, 0.5) is 5.69 Å². The third-order valence-electron chi connectivity index (χ3n) is 4.15. The zero-order chi connectivity index (χ0) is 17.7. The van der Waals surface area contributed by atoms with E-state index in [1.165, 1.54) is 9.80 Å². The first-order valence-electron chi connectivity index (χ1n) is 8.07. The van der Waals surface area contributed by atoms with Crippen LogP contribution in [0.15, 0.2) is 24.3 Å². The van der Waals surface area contributed by atoms with Crippen LogP contribution in [0.2, 0.25) is 0 Å². The van der Waals surface area contributed by atoms with Gasteiger partial charge in [-0.05, 0) is 24.3 Å². The van der Waals surface area contributed by atoms with E-state index in [4.69, 9.17) is 0 Å². The minimum atomic E-state index is -0.0688. The van der Waals surface area contributed by atoms with Gasteiger partial charge in [0.05, 0.1) is 26.2 Å². The summed E-state index contributed by atoms with van der Waals surface area (Å²) in [6.45, 7) is 4.90. The van der Waals surface area contributed by atoms with Crippen molar-refractivity contribution in [3.63, 3.8) is 0 Å². The first-order chi connectivity index (χ1) is 11.4. The SMILES string of the molecule is CC(=O)N1CC[NH+](CC(=O)Nc2ccc(C(=O)N(C)C)cc2)CC1. The Bertz CT molecular complexity index is 605. The summed E-state index contributed by atoms with van der Waals surface area (Å²) in [6, 6.07) is 6.88. The standard InChI is InChI=1S/C17H24N4O3/c1-13(22)21-10-8-20(9-11-21)12-16(23)18-15-6-4-14(5-7-15)17(24)19(2)3/h4-7H,8-12H2,1-3H3,(H,18,23)/p+1. The van der Waals surface area contributed by atoms with E-state index < -0.39 is 0 Å². The molecule has 0 spiro atoms. The highest BCUT2D eigenvalue weighted by Gasteiger charge is 2.23. The number of quaternary nitrogens is 1. The van der Waals surface area contributed by atoms with Crippen LogP contribution in [0.25, 0.3) is 0 Å². The van der Waals surface area contributed by atoms with Gasteiger partial charge in [0.15, 0.2) is 6.54 Å². The highest BCUT2D eigenvalue weighted by atomic mass is 16.2. The van der Waals surface area contributed by atoms with Crippen LogP contribution in [0.3, 0.4) is 0 Å². The quantitative estimate of drug-likeness (QED) is 0.748. The highest BCUT2D eigenvalue weighted by molar-refractivity contribution is 5.95. The molecule has 0 atom stereocenters. The van der Waals surface area contributed by atoms with Crippen molar-refractivity contribution in [3.05, 3.63) is 29.8 Å². The predicted octanol–water partition coefficient (Wildman–Crippen LogP) is -0.926. The molecule has 1 heterocycles. The number of piperazine rings is 1. The van der Waals surface area contributed by atoms with E-state index in [9.17, 15) is 14.4 Å². The molecule has 0 aromatic heterocycles. The molecule has 2 rings (SSSR count). The van der Waals surface area contributed by atoms with Crippen molar-refractivity contribution in [2.24, 2.45) is 0 Å². The van der Waals surface area contributed by atoms with E-state index in [-0.39, 0.29) is 17.7 Å². The number of anilines is 1. The summed E-state index contributed by atoms with van der Waals surface area (Å²) in [7, 11) is 3.40. The number of carbonyl (C=O) groups is 3.